The maximum Gasteiger partial charge on any atom is 0.231 e. The highest BCUT2D eigenvalue weighted by atomic mass is 32.2. The zero-order chi connectivity index (χ0) is 13.1. The van der Waals surface area contributed by atoms with E-state index in [-0.39, 0.29) is 0 Å². The Hall–Kier alpha value is -1.08. The fraction of sp³-hybridized carbons (Fsp3) is 0.750. The van der Waals surface area contributed by atoms with E-state index in [1.807, 2.05) is 0 Å². The zero-order valence-corrected chi connectivity index (χ0v) is 11.7. The standard InChI is InChI=1S/C12H19N5OS/c13-10-14-11(17-5-1-2-6-17)16-12(15-10)19-9-3-7-18-8-4-9/h9H,1-8H2,(H2,13,14,15,16). The number of hydrogen-bond donors (Lipinski definition) is 1. The molecule has 3 heterocycles. The number of ether oxygens (including phenoxy) is 1. The van der Waals surface area contributed by atoms with E-state index in [0.717, 1.165) is 50.2 Å². The van der Waals surface area contributed by atoms with Crippen molar-refractivity contribution < 1.29 is 4.74 Å². The van der Waals surface area contributed by atoms with Crippen LogP contribution in [0.15, 0.2) is 5.16 Å². The van der Waals surface area contributed by atoms with Crippen molar-refractivity contribution in [1.29, 1.82) is 0 Å². The number of nitrogens with two attached hydrogens (primary N) is 1. The van der Waals surface area contributed by atoms with Gasteiger partial charge in [0.15, 0.2) is 5.16 Å². The smallest absolute Gasteiger partial charge is 0.231 e. The Kier molecular flexibility index (Phi) is 4.03. The fourth-order valence-electron chi connectivity index (χ4n) is 2.42. The van der Waals surface area contributed by atoms with Gasteiger partial charge in [0, 0.05) is 31.6 Å². The van der Waals surface area contributed by atoms with Crippen LogP contribution in [0.25, 0.3) is 0 Å². The summed E-state index contributed by atoms with van der Waals surface area (Å²) in [5, 5.41) is 1.28. The molecule has 0 aromatic carbocycles. The molecule has 0 radical (unpaired) electrons. The van der Waals surface area contributed by atoms with Gasteiger partial charge in [0.2, 0.25) is 11.9 Å². The van der Waals surface area contributed by atoms with E-state index < -0.39 is 0 Å². The average molecular weight is 281 g/mol. The molecule has 2 aliphatic rings. The quantitative estimate of drug-likeness (QED) is 0.895. The predicted molar refractivity (Wildman–Crippen MR) is 75.4 cm³/mol. The molecule has 0 atom stereocenters. The molecule has 104 valence electrons. The van der Waals surface area contributed by atoms with Crippen LogP contribution in [0.4, 0.5) is 11.9 Å². The minimum atomic E-state index is 0.325. The Morgan fingerprint density at radius 1 is 1.11 bits per heavy atom. The van der Waals surface area contributed by atoms with Gasteiger partial charge in [-0.2, -0.15) is 15.0 Å². The number of rotatable bonds is 3. The Bertz CT molecular complexity index is 432. The SMILES string of the molecule is Nc1nc(SC2CCOCC2)nc(N2CCCC2)n1. The largest absolute Gasteiger partial charge is 0.381 e. The summed E-state index contributed by atoms with van der Waals surface area (Å²) in [5.74, 6) is 1.06. The second kappa shape index (κ2) is 5.92. The molecule has 1 aromatic rings. The van der Waals surface area contributed by atoms with Crippen LogP contribution in [0.3, 0.4) is 0 Å². The third-order valence-electron chi connectivity index (χ3n) is 3.45. The van der Waals surface area contributed by atoms with Gasteiger partial charge in [0.1, 0.15) is 0 Å². The van der Waals surface area contributed by atoms with Crippen molar-refractivity contribution in [3.05, 3.63) is 0 Å². The normalized spacial score (nSPS) is 20.9. The highest BCUT2D eigenvalue weighted by molar-refractivity contribution is 7.99. The number of hydrogen-bond acceptors (Lipinski definition) is 7. The Balaban J connectivity index is 1.73. The van der Waals surface area contributed by atoms with Gasteiger partial charge < -0.3 is 15.4 Å². The molecule has 0 bridgehead atoms. The van der Waals surface area contributed by atoms with Crippen LogP contribution in [-0.2, 0) is 4.74 Å². The summed E-state index contributed by atoms with van der Waals surface area (Å²) in [7, 11) is 0. The van der Waals surface area contributed by atoms with E-state index in [9.17, 15) is 0 Å². The molecule has 19 heavy (non-hydrogen) atoms. The van der Waals surface area contributed by atoms with E-state index >= 15 is 0 Å². The van der Waals surface area contributed by atoms with Gasteiger partial charge in [-0.15, -0.1) is 0 Å². The molecule has 0 spiro atoms. The fourth-order valence-corrected chi connectivity index (χ4v) is 3.42. The molecular formula is C12H19N5OS. The molecule has 2 saturated heterocycles. The summed E-state index contributed by atoms with van der Waals surface area (Å²) in [6.45, 7) is 3.70. The van der Waals surface area contributed by atoms with E-state index in [0.29, 0.717) is 11.2 Å². The molecule has 2 N–H and O–H groups in total. The van der Waals surface area contributed by atoms with Crippen molar-refractivity contribution in [3.63, 3.8) is 0 Å². The first-order valence-electron chi connectivity index (χ1n) is 6.82. The zero-order valence-electron chi connectivity index (χ0n) is 10.9. The van der Waals surface area contributed by atoms with E-state index in [1.165, 1.54) is 12.8 Å². The lowest BCUT2D eigenvalue weighted by atomic mass is 10.2. The predicted octanol–water partition coefficient (Wildman–Crippen LogP) is 1.33. The number of thioether (sulfide) groups is 1. The summed E-state index contributed by atoms with van der Waals surface area (Å²) >= 11 is 1.70. The van der Waals surface area contributed by atoms with Crippen LogP contribution in [-0.4, -0.2) is 46.5 Å². The van der Waals surface area contributed by atoms with Gasteiger partial charge in [0.25, 0.3) is 0 Å². The molecule has 3 rings (SSSR count). The number of nitrogen functional groups attached to an aromatic ring is 1. The molecule has 0 unspecified atom stereocenters. The van der Waals surface area contributed by atoms with Crippen LogP contribution in [0.2, 0.25) is 0 Å². The highest BCUT2D eigenvalue weighted by Crippen LogP contribution is 2.28. The first-order valence-corrected chi connectivity index (χ1v) is 7.70. The first-order chi connectivity index (χ1) is 9.31. The molecule has 7 heteroatoms. The van der Waals surface area contributed by atoms with Gasteiger partial charge >= 0.3 is 0 Å². The molecule has 6 nitrogen and oxygen atoms in total. The molecule has 2 fully saturated rings. The van der Waals surface area contributed by atoms with Gasteiger partial charge in [0.05, 0.1) is 0 Å². The summed E-state index contributed by atoms with van der Waals surface area (Å²) < 4.78 is 5.37. The molecular weight excluding hydrogens is 262 g/mol. The lowest BCUT2D eigenvalue weighted by Gasteiger charge is -2.21. The van der Waals surface area contributed by atoms with Crippen molar-refractivity contribution in [3.8, 4) is 0 Å². The van der Waals surface area contributed by atoms with Gasteiger partial charge in [-0.1, -0.05) is 11.8 Å². The van der Waals surface area contributed by atoms with Crippen molar-refractivity contribution in [2.24, 2.45) is 0 Å². The molecule has 0 saturated carbocycles. The van der Waals surface area contributed by atoms with Crippen LogP contribution in [0.5, 0.6) is 0 Å². The highest BCUT2D eigenvalue weighted by Gasteiger charge is 2.20. The first kappa shape index (κ1) is 12.9. The van der Waals surface area contributed by atoms with Crippen molar-refractivity contribution in [1.82, 2.24) is 15.0 Å². The maximum atomic E-state index is 5.81. The van der Waals surface area contributed by atoms with Crippen LogP contribution in [0, 0.1) is 0 Å². The van der Waals surface area contributed by atoms with Crippen molar-refractivity contribution in [2.75, 3.05) is 36.9 Å². The summed E-state index contributed by atoms with van der Waals surface area (Å²) in [5.41, 5.74) is 5.81. The van der Waals surface area contributed by atoms with Gasteiger partial charge in [-0.3, -0.25) is 0 Å². The van der Waals surface area contributed by atoms with Crippen LogP contribution in [0.1, 0.15) is 25.7 Å². The number of aromatic nitrogens is 3. The summed E-state index contributed by atoms with van der Waals surface area (Å²) in [6, 6.07) is 0. The van der Waals surface area contributed by atoms with Crippen molar-refractivity contribution >= 4 is 23.7 Å². The lowest BCUT2D eigenvalue weighted by Crippen LogP contribution is -2.22. The monoisotopic (exact) mass is 281 g/mol. The Morgan fingerprint density at radius 2 is 1.84 bits per heavy atom. The van der Waals surface area contributed by atoms with E-state index in [4.69, 9.17) is 10.5 Å². The second-order valence-corrected chi connectivity index (χ2v) is 6.17. The van der Waals surface area contributed by atoms with E-state index in [1.54, 1.807) is 11.8 Å². The van der Waals surface area contributed by atoms with Crippen LogP contribution >= 0.6 is 11.8 Å². The summed E-state index contributed by atoms with van der Waals surface area (Å²) in [4.78, 5) is 15.2. The van der Waals surface area contributed by atoms with Gasteiger partial charge in [-0.05, 0) is 25.7 Å². The minimum Gasteiger partial charge on any atom is -0.381 e. The molecule has 1 aromatic heterocycles. The minimum absolute atomic E-state index is 0.325. The topological polar surface area (TPSA) is 77.2 Å². The molecule has 0 amide bonds. The third kappa shape index (κ3) is 3.27. The third-order valence-corrected chi connectivity index (χ3v) is 4.65. The van der Waals surface area contributed by atoms with E-state index in [2.05, 4.69) is 19.9 Å². The molecule has 0 aliphatic carbocycles. The van der Waals surface area contributed by atoms with Crippen molar-refractivity contribution in [2.45, 2.75) is 36.1 Å². The average Bonchev–Trinajstić information content (AvgIpc) is 2.93. The lowest BCUT2D eigenvalue weighted by molar-refractivity contribution is 0.1000. The number of nitrogens with zero attached hydrogens (tertiary/aromatic N) is 4. The number of anilines is 2. The Labute approximate surface area is 117 Å². The second-order valence-electron chi connectivity index (χ2n) is 4.90. The molecule has 2 aliphatic heterocycles. The Morgan fingerprint density at radius 3 is 2.58 bits per heavy atom. The van der Waals surface area contributed by atoms with Gasteiger partial charge in [-0.25, -0.2) is 0 Å². The maximum absolute atomic E-state index is 5.81. The summed E-state index contributed by atoms with van der Waals surface area (Å²) in [6.07, 6.45) is 4.51. The van der Waals surface area contributed by atoms with Crippen LogP contribution < -0.4 is 10.6 Å².